The Morgan fingerprint density at radius 1 is 0.493 bits per heavy atom. The number of carbonyl (C=O) groups excluding carboxylic acids is 1. The van der Waals surface area contributed by atoms with Crippen LogP contribution in [0.1, 0.15) is 258 Å². The molecule has 1 aliphatic heterocycles. The average molecular weight is 981 g/mol. The first-order valence-corrected chi connectivity index (χ1v) is 28.9. The van der Waals surface area contributed by atoms with Crippen LogP contribution in [-0.4, -0.2) is 110 Å². The van der Waals surface area contributed by atoms with E-state index in [-0.39, 0.29) is 12.8 Å². The predicted molar refractivity (Wildman–Crippen MR) is 284 cm³/mol. The molecular formula is C58H109NO10. The maximum Gasteiger partial charge on any atom is 0.249 e. The van der Waals surface area contributed by atoms with Gasteiger partial charge in [0.15, 0.2) is 6.29 Å². The number of aliphatic hydroxyl groups excluding tert-OH is 7. The Bertz CT molecular complexity index is 1210. The highest BCUT2D eigenvalue weighted by molar-refractivity contribution is 5.80. The molecule has 1 amide bonds. The summed E-state index contributed by atoms with van der Waals surface area (Å²) in [6.45, 7) is 3.40. The van der Waals surface area contributed by atoms with E-state index in [1.54, 1.807) is 0 Å². The molecule has 69 heavy (non-hydrogen) atoms. The van der Waals surface area contributed by atoms with E-state index in [4.69, 9.17) is 9.47 Å². The lowest BCUT2D eigenvalue weighted by atomic mass is 9.98. The SMILES string of the molecule is CCCCC/C=C\CCCCCCC(O)C(=O)NC(COC1OC(CO)C(O)C(O)C1O)C(O)C(O)CCC/C=C/CC/C=C/CCCCCCCCCCCCCCCCCCCCCCCC. The van der Waals surface area contributed by atoms with Gasteiger partial charge >= 0.3 is 0 Å². The summed E-state index contributed by atoms with van der Waals surface area (Å²) in [4.78, 5) is 13.1. The molecule has 1 aliphatic rings. The second kappa shape index (κ2) is 47.3. The number of aliphatic hydroxyl groups is 7. The molecule has 8 N–H and O–H groups in total. The van der Waals surface area contributed by atoms with E-state index in [0.29, 0.717) is 19.3 Å². The molecule has 0 aliphatic carbocycles. The van der Waals surface area contributed by atoms with Crippen molar-refractivity contribution in [1.82, 2.24) is 5.32 Å². The first-order valence-electron chi connectivity index (χ1n) is 28.9. The lowest BCUT2D eigenvalue weighted by molar-refractivity contribution is -0.303. The maximum atomic E-state index is 13.1. The molecule has 11 nitrogen and oxygen atoms in total. The van der Waals surface area contributed by atoms with Crippen LogP contribution in [0.3, 0.4) is 0 Å². The number of carbonyl (C=O) groups is 1. The summed E-state index contributed by atoms with van der Waals surface area (Å²) in [6, 6.07) is -1.20. The van der Waals surface area contributed by atoms with E-state index in [2.05, 4.69) is 55.6 Å². The molecule has 0 aromatic rings. The van der Waals surface area contributed by atoms with Crippen LogP contribution >= 0.6 is 0 Å². The van der Waals surface area contributed by atoms with E-state index in [0.717, 1.165) is 51.4 Å². The molecular weight excluding hydrogens is 871 g/mol. The van der Waals surface area contributed by atoms with Crippen molar-refractivity contribution in [3.63, 3.8) is 0 Å². The first-order chi connectivity index (χ1) is 33.7. The van der Waals surface area contributed by atoms with E-state index >= 15 is 0 Å². The van der Waals surface area contributed by atoms with Crippen molar-refractivity contribution in [2.24, 2.45) is 0 Å². The highest BCUT2D eigenvalue weighted by Crippen LogP contribution is 2.23. The van der Waals surface area contributed by atoms with Crippen LogP contribution in [-0.2, 0) is 14.3 Å². The van der Waals surface area contributed by atoms with Crippen molar-refractivity contribution in [2.45, 2.75) is 313 Å². The number of hydrogen-bond donors (Lipinski definition) is 8. The third-order valence-electron chi connectivity index (χ3n) is 13.9. The molecule has 1 saturated heterocycles. The summed E-state index contributed by atoms with van der Waals surface area (Å²) in [6.07, 6.45) is 46.7. The standard InChI is InChI=1S/C58H109NO10/c1-3-5-7-9-11-13-15-16-17-18-19-20-21-22-23-24-25-26-27-28-29-30-31-32-33-34-36-37-39-41-43-45-50(61)53(63)49(48-68-58-56(66)55(65)54(64)52(47-60)69-58)59-57(67)51(62)46-44-42-40-38-35-14-12-10-8-6-4-2/h12,14,32-33,37,39,49-56,58,60-66H,3-11,13,15-31,34-36,38,40-48H2,1-2H3,(H,59,67)/b14-12-,33-32+,39-37+. The zero-order chi connectivity index (χ0) is 50.4. The number of nitrogens with one attached hydrogen (secondary N) is 1. The van der Waals surface area contributed by atoms with E-state index < -0.39 is 74.2 Å². The van der Waals surface area contributed by atoms with Crippen molar-refractivity contribution in [2.75, 3.05) is 13.2 Å². The second-order valence-electron chi connectivity index (χ2n) is 20.3. The Kier molecular flexibility index (Phi) is 44.8. The largest absolute Gasteiger partial charge is 0.394 e. The monoisotopic (exact) mass is 980 g/mol. The maximum absolute atomic E-state index is 13.1. The Labute approximate surface area is 422 Å². The lowest BCUT2D eigenvalue weighted by Gasteiger charge is -2.40. The fourth-order valence-electron chi connectivity index (χ4n) is 9.16. The molecule has 0 bridgehead atoms. The number of hydrogen-bond acceptors (Lipinski definition) is 10. The molecule has 9 atom stereocenters. The Morgan fingerprint density at radius 3 is 1.32 bits per heavy atom. The molecule has 0 saturated carbocycles. The van der Waals surface area contributed by atoms with Crippen molar-refractivity contribution < 1.29 is 50.0 Å². The zero-order valence-corrected chi connectivity index (χ0v) is 44.3. The van der Waals surface area contributed by atoms with Gasteiger partial charge in [0.25, 0.3) is 0 Å². The van der Waals surface area contributed by atoms with Gasteiger partial charge in [-0.3, -0.25) is 4.79 Å². The zero-order valence-electron chi connectivity index (χ0n) is 44.3. The quantitative estimate of drug-likeness (QED) is 0.0215. The van der Waals surface area contributed by atoms with E-state index in [9.17, 15) is 40.5 Å². The highest BCUT2D eigenvalue weighted by Gasteiger charge is 2.44. The van der Waals surface area contributed by atoms with Gasteiger partial charge in [0.2, 0.25) is 5.91 Å². The van der Waals surface area contributed by atoms with Gasteiger partial charge in [-0.2, -0.15) is 0 Å². The highest BCUT2D eigenvalue weighted by atomic mass is 16.7. The van der Waals surface area contributed by atoms with E-state index in [1.807, 2.05) is 0 Å². The van der Waals surface area contributed by atoms with Gasteiger partial charge in [-0.25, -0.2) is 0 Å². The summed E-state index contributed by atoms with van der Waals surface area (Å²) in [5.74, 6) is -0.721. The van der Waals surface area contributed by atoms with Crippen LogP contribution in [0.15, 0.2) is 36.5 Å². The molecule has 0 aromatic heterocycles. The van der Waals surface area contributed by atoms with Gasteiger partial charge in [-0.1, -0.05) is 217 Å². The van der Waals surface area contributed by atoms with Crippen LogP contribution in [0.2, 0.25) is 0 Å². The van der Waals surface area contributed by atoms with Crippen LogP contribution in [0.25, 0.3) is 0 Å². The summed E-state index contributed by atoms with van der Waals surface area (Å²) in [5, 5.41) is 75.8. The predicted octanol–water partition coefficient (Wildman–Crippen LogP) is 11.9. The molecule has 406 valence electrons. The molecule has 11 heteroatoms. The molecule has 1 heterocycles. The molecule has 1 fully saturated rings. The van der Waals surface area contributed by atoms with E-state index in [1.165, 1.54) is 161 Å². The number of allylic oxidation sites excluding steroid dienone is 6. The van der Waals surface area contributed by atoms with Crippen LogP contribution in [0, 0.1) is 0 Å². The summed E-state index contributed by atoms with van der Waals surface area (Å²) in [5.41, 5.74) is 0. The number of amides is 1. The second-order valence-corrected chi connectivity index (χ2v) is 20.3. The smallest absolute Gasteiger partial charge is 0.249 e. The fraction of sp³-hybridized carbons (Fsp3) is 0.879. The Morgan fingerprint density at radius 2 is 0.870 bits per heavy atom. The van der Waals surface area contributed by atoms with Crippen molar-refractivity contribution in [3.8, 4) is 0 Å². The summed E-state index contributed by atoms with van der Waals surface area (Å²) >= 11 is 0. The molecule has 9 unspecified atom stereocenters. The minimum absolute atomic E-state index is 0.236. The fourth-order valence-corrected chi connectivity index (χ4v) is 9.16. The Balaban J connectivity index is 2.25. The van der Waals surface area contributed by atoms with Gasteiger partial charge in [-0.15, -0.1) is 0 Å². The topological polar surface area (TPSA) is 189 Å². The Hall–Kier alpha value is -1.67. The number of rotatable bonds is 49. The molecule has 0 radical (unpaired) electrons. The average Bonchev–Trinajstić information content (AvgIpc) is 3.35. The number of ether oxygens (including phenoxy) is 2. The molecule has 0 spiro atoms. The van der Waals surface area contributed by atoms with Crippen LogP contribution in [0.4, 0.5) is 0 Å². The first kappa shape index (κ1) is 65.3. The van der Waals surface area contributed by atoms with Gasteiger partial charge in [0.1, 0.15) is 36.6 Å². The van der Waals surface area contributed by atoms with Gasteiger partial charge in [0, 0.05) is 0 Å². The third kappa shape index (κ3) is 36.0. The normalized spacial score (nSPS) is 20.6. The van der Waals surface area contributed by atoms with Crippen LogP contribution in [0.5, 0.6) is 0 Å². The van der Waals surface area contributed by atoms with Gasteiger partial charge < -0.3 is 50.5 Å². The number of unbranched alkanes of at least 4 members (excludes halogenated alkanes) is 31. The molecule has 0 aromatic carbocycles. The summed E-state index contributed by atoms with van der Waals surface area (Å²) < 4.78 is 11.1. The van der Waals surface area contributed by atoms with Gasteiger partial charge in [-0.05, 0) is 77.0 Å². The molecule has 1 rings (SSSR count). The minimum atomic E-state index is -1.67. The van der Waals surface area contributed by atoms with Crippen molar-refractivity contribution in [1.29, 1.82) is 0 Å². The van der Waals surface area contributed by atoms with Crippen molar-refractivity contribution in [3.05, 3.63) is 36.5 Å². The van der Waals surface area contributed by atoms with Crippen LogP contribution < -0.4 is 5.32 Å². The third-order valence-corrected chi connectivity index (χ3v) is 13.9. The minimum Gasteiger partial charge on any atom is -0.394 e. The summed E-state index contributed by atoms with van der Waals surface area (Å²) in [7, 11) is 0. The van der Waals surface area contributed by atoms with Crippen molar-refractivity contribution >= 4 is 5.91 Å². The van der Waals surface area contributed by atoms with Gasteiger partial charge in [0.05, 0.1) is 25.4 Å². The lowest BCUT2D eigenvalue weighted by Crippen LogP contribution is -2.60.